The summed E-state index contributed by atoms with van der Waals surface area (Å²) in [6.07, 6.45) is 0.846. The van der Waals surface area contributed by atoms with Crippen molar-refractivity contribution in [2.24, 2.45) is 0 Å². The summed E-state index contributed by atoms with van der Waals surface area (Å²) in [4.78, 5) is 26.3. The largest absolute Gasteiger partial charge is 0.321 e. The van der Waals surface area contributed by atoms with Crippen molar-refractivity contribution in [1.82, 2.24) is 0 Å². The van der Waals surface area contributed by atoms with Crippen LogP contribution in [0, 0.1) is 0 Å². The molecule has 2 amide bonds. The summed E-state index contributed by atoms with van der Waals surface area (Å²) in [5, 5.41) is 6.01. The molecule has 0 aliphatic rings. The van der Waals surface area contributed by atoms with Gasteiger partial charge in [-0.2, -0.15) is 0 Å². The topological polar surface area (TPSA) is 62.6 Å². The molecule has 0 radical (unpaired) electrons. The van der Waals surface area contributed by atoms with E-state index in [1.54, 1.807) is 0 Å². The third-order valence-corrected chi connectivity index (χ3v) is 5.51. The fourth-order valence-electron chi connectivity index (χ4n) is 3.48. The number of amides is 2. The summed E-state index contributed by atoms with van der Waals surface area (Å²) in [6.45, 7) is 4.10. The van der Waals surface area contributed by atoms with E-state index in [2.05, 4.69) is 17.6 Å². The number of benzene rings is 3. The van der Waals surface area contributed by atoms with Gasteiger partial charge in [0.05, 0.1) is 7.05 Å². The van der Waals surface area contributed by atoms with Crippen LogP contribution in [0.3, 0.4) is 0 Å². The average molecular weight is 417 g/mol. The van der Waals surface area contributed by atoms with Crippen LogP contribution in [0.2, 0.25) is 0 Å². The van der Waals surface area contributed by atoms with Crippen molar-refractivity contribution in [2.75, 3.05) is 24.2 Å². The number of hydrogen-bond donors (Lipinski definition) is 3. The van der Waals surface area contributed by atoms with E-state index in [0.717, 1.165) is 39.4 Å². The molecule has 3 rings (SSSR count). The number of rotatable bonds is 8. The van der Waals surface area contributed by atoms with Crippen molar-refractivity contribution < 1.29 is 14.5 Å². The molecule has 0 aromatic heterocycles. The van der Waals surface area contributed by atoms with E-state index in [-0.39, 0.29) is 18.4 Å². The Labute approximate surface area is 184 Å². The van der Waals surface area contributed by atoms with Gasteiger partial charge in [0.1, 0.15) is 0 Å². The molecule has 3 aromatic carbocycles. The number of aryl methyl sites for hydroxylation is 1. The first-order valence-corrected chi connectivity index (χ1v) is 10.6. The lowest BCUT2D eigenvalue weighted by Crippen LogP contribution is -3.14. The molecular weight excluding hydrogens is 386 g/mol. The Morgan fingerprint density at radius 1 is 0.839 bits per heavy atom. The van der Waals surface area contributed by atoms with Gasteiger partial charge in [-0.25, -0.2) is 0 Å². The molecule has 1 unspecified atom stereocenters. The van der Waals surface area contributed by atoms with Crippen LogP contribution in [0.25, 0.3) is 11.1 Å². The van der Waals surface area contributed by atoms with Gasteiger partial charge >= 0.3 is 0 Å². The van der Waals surface area contributed by atoms with Crippen molar-refractivity contribution in [1.29, 1.82) is 0 Å². The molecule has 0 aliphatic carbocycles. The quantitative estimate of drug-likeness (QED) is 0.527. The molecule has 31 heavy (non-hydrogen) atoms. The summed E-state index contributed by atoms with van der Waals surface area (Å²) >= 11 is 0. The monoisotopic (exact) mass is 416 g/mol. The van der Waals surface area contributed by atoms with Crippen LogP contribution >= 0.6 is 0 Å². The van der Waals surface area contributed by atoms with Crippen LogP contribution < -0.4 is 15.5 Å². The van der Waals surface area contributed by atoms with Crippen LogP contribution in [0.4, 0.5) is 11.4 Å². The van der Waals surface area contributed by atoms with Crippen molar-refractivity contribution in [3.8, 4) is 11.1 Å². The molecule has 160 valence electrons. The van der Waals surface area contributed by atoms with E-state index in [1.807, 2.05) is 92.8 Å². The number of nitrogens with one attached hydrogen (secondary N) is 3. The third-order valence-electron chi connectivity index (χ3n) is 5.51. The lowest BCUT2D eigenvalue weighted by molar-refractivity contribution is -0.885. The molecule has 2 atom stereocenters. The van der Waals surface area contributed by atoms with Crippen LogP contribution in [0.1, 0.15) is 19.4 Å². The first-order valence-electron chi connectivity index (χ1n) is 10.6. The maximum absolute atomic E-state index is 12.9. The van der Waals surface area contributed by atoms with Crippen molar-refractivity contribution in [3.63, 3.8) is 0 Å². The second-order valence-corrected chi connectivity index (χ2v) is 7.70. The third kappa shape index (κ3) is 5.80. The minimum absolute atomic E-state index is 0.109. The molecule has 3 aromatic rings. The Bertz CT molecular complexity index is 1030. The van der Waals surface area contributed by atoms with Gasteiger partial charge in [-0.1, -0.05) is 73.7 Å². The first kappa shape index (κ1) is 22.2. The van der Waals surface area contributed by atoms with Gasteiger partial charge in [-0.15, -0.1) is 0 Å². The zero-order chi connectivity index (χ0) is 22.2. The Kier molecular flexibility index (Phi) is 7.57. The zero-order valence-electron chi connectivity index (χ0n) is 18.3. The van der Waals surface area contributed by atoms with Crippen LogP contribution in [0.5, 0.6) is 0 Å². The van der Waals surface area contributed by atoms with E-state index in [1.165, 1.54) is 0 Å². The first-order chi connectivity index (χ1) is 15.0. The van der Waals surface area contributed by atoms with Gasteiger partial charge < -0.3 is 15.5 Å². The second kappa shape index (κ2) is 10.5. The molecule has 0 heterocycles. The highest BCUT2D eigenvalue weighted by Crippen LogP contribution is 2.27. The van der Waals surface area contributed by atoms with Crippen molar-refractivity contribution >= 4 is 23.2 Å². The standard InChI is InChI=1S/C26H29N3O2/c1-4-20-12-8-10-16-23(20)27-25(30)18-29(3)19(2)26(31)28-24-17-11-9-15-22(24)21-13-6-5-7-14-21/h5-17,19H,4,18H2,1-3H3,(H,27,30)(H,28,31)/p+1/t19-/m1/s1. The number of carbonyl (C=O) groups excluding carboxylic acids is 2. The molecule has 5 nitrogen and oxygen atoms in total. The van der Waals surface area contributed by atoms with Gasteiger partial charge in [0, 0.05) is 16.9 Å². The Balaban J connectivity index is 1.63. The Morgan fingerprint density at radius 3 is 2.16 bits per heavy atom. The molecule has 5 heteroatoms. The smallest absolute Gasteiger partial charge is 0.282 e. The van der Waals surface area contributed by atoms with Gasteiger partial charge in [-0.3, -0.25) is 9.59 Å². The number of carbonyl (C=O) groups is 2. The highest BCUT2D eigenvalue weighted by atomic mass is 16.2. The fourth-order valence-corrected chi connectivity index (χ4v) is 3.48. The lowest BCUT2D eigenvalue weighted by Gasteiger charge is -2.21. The second-order valence-electron chi connectivity index (χ2n) is 7.70. The summed E-state index contributed by atoms with van der Waals surface area (Å²) in [6, 6.07) is 25.1. The van der Waals surface area contributed by atoms with E-state index in [4.69, 9.17) is 0 Å². The minimum Gasteiger partial charge on any atom is -0.321 e. The van der Waals surface area contributed by atoms with Crippen LogP contribution in [0.15, 0.2) is 78.9 Å². The summed E-state index contributed by atoms with van der Waals surface area (Å²) in [7, 11) is 1.86. The molecule has 0 bridgehead atoms. The Morgan fingerprint density at radius 2 is 1.45 bits per heavy atom. The highest BCUT2D eigenvalue weighted by molar-refractivity contribution is 5.98. The Hall–Kier alpha value is -3.44. The van der Waals surface area contributed by atoms with E-state index in [9.17, 15) is 9.59 Å². The summed E-state index contributed by atoms with van der Waals surface area (Å²) in [5.41, 5.74) is 4.70. The SMILES string of the molecule is CCc1ccccc1NC(=O)C[NH+](C)[C@H](C)C(=O)Nc1ccccc1-c1ccccc1. The predicted molar refractivity (Wildman–Crippen MR) is 126 cm³/mol. The van der Waals surface area contributed by atoms with Gasteiger partial charge in [-0.05, 0) is 36.6 Å². The molecule has 3 N–H and O–H groups in total. The highest BCUT2D eigenvalue weighted by Gasteiger charge is 2.25. The number of hydrogen-bond acceptors (Lipinski definition) is 2. The van der Waals surface area contributed by atoms with E-state index >= 15 is 0 Å². The summed E-state index contributed by atoms with van der Waals surface area (Å²) < 4.78 is 0. The average Bonchev–Trinajstić information content (AvgIpc) is 2.79. The van der Waals surface area contributed by atoms with Gasteiger partial charge in [0.25, 0.3) is 11.8 Å². The van der Waals surface area contributed by atoms with Gasteiger partial charge in [0.15, 0.2) is 12.6 Å². The maximum atomic E-state index is 12.9. The molecule has 0 spiro atoms. The molecule has 0 saturated heterocycles. The van der Waals surface area contributed by atoms with Crippen molar-refractivity contribution in [2.45, 2.75) is 26.3 Å². The molecule has 0 saturated carbocycles. The fraction of sp³-hybridized carbons (Fsp3) is 0.231. The molecule has 0 fully saturated rings. The zero-order valence-corrected chi connectivity index (χ0v) is 18.3. The molecular formula is C26H30N3O2+. The van der Waals surface area contributed by atoms with Crippen molar-refractivity contribution in [3.05, 3.63) is 84.4 Å². The normalized spacial score (nSPS) is 12.6. The number of quaternary nitrogens is 1. The van der Waals surface area contributed by atoms with Crippen LogP contribution in [-0.4, -0.2) is 31.4 Å². The maximum Gasteiger partial charge on any atom is 0.282 e. The number of para-hydroxylation sites is 2. The van der Waals surface area contributed by atoms with E-state index in [0.29, 0.717) is 0 Å². The number of likely N-dealkylation sites (N-methyl/N-ethyl adjacent to an activating group) is 1. The molecule has 0 aliphatic heterocycles. The summed E-state index contributed by atoms with van der Waals surface area (Å²) in [5.74, 6) is -0.231. The minimum atomic E-state index is -0.393. The predicted octanol–water partition coefficient (Wildman–Crippen LogP) is 3.40. The lowest BCUT2D eigenvalue weighted by atomic mass is 10.0. The van der Waals surface area contributed by atoms with Crippen LogP contribution in [-0.2, 0) is 16.0 Å². The van der Waals surface area contributed by atoms with Gasteiger partial charge in [0.2, 0.25) is 0 Å². The number of anilines is 2. The van der Waals surface area contributed by atoms with E-state index < -0.39 is 6.04 Å².